The average molecular weight is 361 g/mol. The summed E-state index contributed by atoms with van der Waals surface area (Å²) in [5, 5.41) is 7.73. The highest BCUT2D eigenvalue weighted by Crippen LogP contribution is 2.37. The van der Waals surface area contributed by atoms with Crippen molar-refractivity contribution in [3.05, 3.63) is 42.1 Å². The third-order valence-electron chi connectivity index (χ3n) is 5.26. The van der Waals surface area contributed by atoms with Crippen LogP contribution >= 0.6 is 0 Å². The Morgan fingerprint density at radius 2 is 1.70 bits per heavy atom. The number of benzene rings is 1. The zero-order valence-electron chi connectivity index (χ0n) is 16.3. The van der Waals surface area contributed by atoms with Gasteiger partial charge in [-0.15, -0.1) is 0 Å². The molecule has 3 rings (SSSR count). The first-order chi connectivity index (χ1) is 12.4. The van der Waals surface area contributed by atoms with E-state index in [-0.39, 0.29) is 0 Å². The molecule has 0 unspecified atom stereocenters. The van der Waals surface area contributed by atoms with Crippen molar-refractivity contribution in [1.82, 2.24) is 4.98 Å². The number of rotatable bonds is 4. The van der Waals surface area contributed by atoms with E-state index in [2.05, 4.69) is 4.98 Å². The number of hydrogen-bond acceptors (Lipinski definition) is 5. The van der Waals surface area contributed by atoms with Gasteiger partial charge in [0.2, 0.25) is 0 Å². The van der Waals surface area contributed by atoms with Gasteiger partial charge in [-0.3, -0.25) is 4.98 Å². The van der Waals surface area contributed by atoms with Gasteiger partial charge in [-0.05, 0) is 45.4 Å². The molecular formula is C19H22B3NO4. The SMILES string of the molecule is [B]C([B])(O)c1ccc(-c2ccc(B3OC(C)(C)C(C)(C)O3)c(OC)c2)nc1. The summed E-state index contributed by atoms with van der Waals surface area (Å²) in [4.78, 5) is 4.33. The first kappa shape index (κ1) is 20.0. The van der Waals surface area contributed by atoms with Gasteiger partial charge in [0.05, 0.1) is 24.0 Å². The van der Waals surface area contributed by atoms with Crippen LogP contribution in [0.4, 0.5) is 0 Å². The summed E-state index contributed by atoms with van der Waals surface area (Å²) in [5.74, 6) is 0.644. The van der Waals surface area contributed by atoms with Crippen molar-refractivity contribution in [2.45, 2.75) is 44.3 Å². The number of ether oxygens (including phenoxy) is 1. The molecule has 0 bridgehead atoms. The molecule has 1 aliphatic heterocycles. The quantitative estimate of drug-likeness (QED) is 0.837. The molecule has 1 saturated heterocycles. The van der Waals surface area contributed by atoms with Crippen LogP contribution in [0.3, 0.4) is 0 Å². The van der Waals surface area contributed by atoms with Gasteiger partial charge in [0.1, 0.15) is 21.4 Å². The van der Waals surface area contributed by atoms with E-state index >= 15 is 0 Å². The Kier molecular flexibility index (Phi) is 4.95. The fraction of sp³-hybridized carbons (Fsp3) is 0.421. The van der Waals surface area contributed by atoms with Crippen LogP contribution < -0.4 is 10.2 Å². The van der Waals surface area contributed by atoms with Crippen molar-refractivity contribution in [1.29, 1.82) is 0 Å². The largest absolute Gasteiger partial charge is 0.498 e. The van der Waals surface area contributed by atoms with Crippen LogP contribution in [0.5, 0.6) is 5.75 Å². The average Bonchev–Trinajstić information content (AvgIpc) is 2.81. The van der Waals surface area contributed by atoms with Gasteiger partial charge in [0.15, 0.2) is 0 Å². The molecule has 5 nitrogen and oxygen atoms in total. The normalized spacial score (nSPS) is 18.5. The lowest BCUT2D eigenvalue weighted by Crippen LogP contribution is -2.41. The lowest BCUT2D eigenvalue weighted by molar-refractivity contribution is 0.00578. The Morgan fingerprint density at radius 3 is 2.19 bits per heavy atom. The molecule has 1 aromatic carbocycles. The van der Waals surface area contributed by atoms with E-state index < -0.39 is 23.7 Å². The summed E-state index contributed by atoms with van der Waals surface area (Å²) in [6, 6.07) is 9.08. The molecular weight excluding hydrogens is 339 g/mol. The summed E-state index contributed by atoms with van der Waals surface area (Å²) >= 11 is 0. The molecule has 2 heterocycles. The predicted octanol–water partition coefficient (Wildman–Crippen LogP) is 1.50. The maximum atomic E-state index is 9.64. The highest BCUT2D eigenvalue weighted by Gasteiger charge is 2.52. The molecule has 2 aromatic rings. The van der Waals surface area contributed by atoms with E-state index in [0.717, 1.165) is 11.0 Å². The summed E-state index contributed by atoms with van der Waals surface area (Å²) in [6.45, 7) is 8.04. The Hall–Kier alpha value is -1.76. The first-order valence-corrected chi connectivity index (χ1v) is 8.75. The van der Waals surface area contributed by atoms with Gasteiger partial charge in [-0.25, -0.2) is 0 Å². The molecule has 0 aliphatic carbocycles. The van der Waals surface area contributed by atoms with Gasteiger partial charge in [-0.2, -0.15) is 0 Å². The van der Waals surface area contributed by atoms with E-state index in [4.69, 9.17) is 29.7 Å². The molecule has 8 heteroatoms. The molecule has 1 aliphatic rings. The van der Waals surface area contributed by atoms with Gasteiger partial charge in [-0.1, -0.05) is 18.2 Å². The van der Waals surface area contributed by atoms with Crippen molar-refractivity contribution >= 4 is 28.3 Å². The highest BCUT2D eigenvalue weighted by molar-refractivity contribution is 6.63. The van der Waals surface area contributed by atoms with Crippen LogP contribution in [-0.2, 0) is 14.7 Å². The van der Waals surface area contributed by atoms with Crippen LogP contribution in [0.2, 0.25) is 0 Å². The van der Waals surface area contributed by atoms with Crippen LogP contribution in [0.15, 0.2) is 36.5 Å². The standard InChI is InChI=1S/C19H22B3NO4/c1-17(2)18(3,4)27-22(26-17)14-8-6-12(10-16(14)25-5)15-9-7-13(11-23-15)19(20,21)24/h6-11,24H,1-5H3. The Labute approximate surface area is 163 Å². The van der Waals surface area contributed by atoms with Gasteiger partial charge in [0.25, 0.3) is 0 Å². The second-order valence-corrected chi connectivity index (χ2v) is 7.80. The molecule has 0 spiro atoms. The number of pyridine rings is 1. The number of methoxy groups -OCH3 is 1. The van der Waals surface area contributed by atoms with Crippen molar-refractivity contribution < 1.29 is 19.2 Å². The van der Waals surface area contributed by atoms with Crippen LogP contribution in [0.25, 0.3) is 11.3 Å². The predicted molar refractivity (Wildman–Crippen MR) is 107 cm³/mol. The third-order valence-corrected chi connectivity index (χ3v) is 5.26. The van der Waals surface area contributed by atoms with Gasteiger partial charge < -0.3 is 19.2 Å². The molecule has 1 aromatic heterocycles. The molecule has 1 fully saturated rings. The minimum absolute atomic E-state index is 0.326. The van der Waals surface area contributed by atoms with Crippen molar-refractivity contribution in [2.24, 2.45) is 0 Å². The van der Waals surface area contributed by atoms with Crippen molar-refractivity contribution in [3.8, 4) is 17.0 Å². The summed E-state index contributed by atoms with van der Waals surface area (Å²) in [7, 11) is 12.0. The summed E-state index contributed by atoms with van der Waals surface area (Å²) < 4.78 is 17.8. The van der Waals surface area contributed by atoms with E-state index in [0.29, 0.717) is 17.0 Å². The fourth-order valence-corrected chi connectivity index (χ4v) is 2.84. The smallest absolute Gasteiger partial charge is 0.497 e. The third kappa shape index (κ3) is 3.79. The molecule has 0 saturated carbocycles. The molecule has 27 heavy (non-hydrogen) atoms. The van der Waals surface area contributed by atoms with E-state index in [1.54, 1.807) is 19.2 Å². The van der Waals surface area contributed by atoms with E-state index in [1.165, 1.54) is 6.20 Å². The lowest BCUT2D eigenvalue weighted by atomic mass is 9.62. The number of nitrogens with zero attached hydrogens (tertiary/aromatic N) is 1. The topological polar surface area (TPSA) is 60.8 Å². The maximum absolute atomic E-state index is 9.64. The Bertz CT molecular complexity index is 816. The maximum Gasteiger partial charge on any atom is 0.498 e. The van der Waals surface area contributed by atoms with Crippen LogP contribution in [0, 0.1) is 0 Å². The molecule has 136 valence electrons. The minimum atomic E-state index is -1.91. The molecule has 0 atom stereocenters. The van der Waals surface area contributed by atoms with Crippen molar-refractivity contribution in [3.63, 3.8) is 0 Å². The molecule has 1 N–H and O–H groups in total. The number of aromatic nitrogens is 1. The van der Waals surface area contributed by atoms with Gasteiger partial charge >= 0.3 is 7.12 Å². The monoisotopic (exact) mass is 361 g/mol. The minimum Gasteiger partial charge on any atom is -0.497 e. The zero-order chi connectivity index (χ0) is 20.0. The van der Waals surface area contributed by atoms with Gasteiger partial charge in [0, 0.05) is 22.6 Å². The Morgan fingerprint density at radius 1 is 1.07 bits per heavy atom. The van der Waals surface area contributed by atoms with E-state index in [9.17, 15) is 5.11 Å². The Balaban J connectivity index is 1.92. The number of hydrogen-bond donors (Lipinski definition) is 1. The molecule has 4 radical (unpaired) electrons. The van der Waals surface area contributed by atoms with Crippen LogP contribution in [-0.4, -0.2) is 51.2 Å². The summed E-state index contributed by atoms with van der Waals surface area (Å²) in [5.41, 5.74) is 1.82. The zero-order valence-corrected chi connectivity index (χ0v) is 16.3. The fourth-order valence-electron chi connectivity index (χ4n) is 2.84. The summed E-state index contributed by atoms with van der Waals surface area (Å²) in [6.07, 6.45) is 1.45. The second-order valence-electron chi connectivity index (χ2n) is 7.80. The lowest BCUT2D eigenvalue weighted by Gasteiger charge is -2.32. The highest BCUT2D eigenvalue weighted by atomic mass is 16.7. The van der Waals surface area contributed by atoms with Crippen LogP contribution in [0.1, 0.15) is 33.3 Å². The van der Waals surface area contributed by atoms with Crippen molar-refractivity contribution in [2.75, 3.05) is 7.11 Å². The molecule has 0 amide bonds. The number of aliphatic hydroxyl groups is 1. The first-order valence-electron chi connectivity index (χ1n) is 8.75. The van der Waals surface area contributed by atoms with E-state index in [1.807, 2.05) is 45.9 Å². The second kappa shape index (κ2) is 6.69.